The molecule has 0 aliphatic carbocycles. The molecule has 1 amide bonds. The summed E-state index contributed by atoms with van der Waals surface area (Å²) in [5.41, 5.74) is 0. The van der Waals surface area contributed by atoms with Gasteiger partial charge in [-0.1, -0.05) is 0 Å². The van der Waals surface area contributed by atoms with Crippen LogP contribution in [0, 0.1) is 0 Å². The van der Waals surface area contributed by atoms with Gasteiger partial charge >= 0.3 is 0 Å². The van der Waals surface area contributed by atoms with E-state index >= 15 is 0 Å². The zero-order valence-electron chi connectivity index (χ0n) is 16.8. The average molecular weight is 422 g/mol. The zero-order chi connectivity index (χ0) is 22.0. The minimum absolute atomic E-state index is 0.0725. The quantitative estimate of drug-likeness (QED) is 0.180. The molecule has 1 heterocycles. The van der Waals surface area contributed by atoms with Crippen molar-refractivity contribution in [1.29, 1.82) is 0 Å². The van der Waals surface area contributed by atoms with Crippen molar-refractivity contribution in [3.63, 3.8) is 0 Å². The normalized spacial score (nSPS) is 30.1. The van der Waals surface area contributed by atoms with Gasteiger partial charge in [0.2, 0.25) is 12.2 Å². The summed E-state index contributed by atoms with van der Waals surface area (Å²) >= 11 is 0. The van der Waals surface area contributed by atoms with E-state index in [1.54, 1.807) is 14.0 Å². The summed E-state index contributed by atoms with van der Waals surface area (Å²) in [6.45, 7) is 2.67. The second-order valence-electron chi connectivity index (χ2n) is 6.44. The highest BCUT2D eigenvalue weighted by Gasteiger charge is 2.46. The number of aliphatic hydroxyl groups is 2. The number of ether oxygens (including phenoxy) is 5. The van der Waals surface area contributed by atoms with E-state index in [4.69, 9.17) is 23.7 Å². The summed E-state index contributed by atoms with van der Waals surface area (Å²) in [6, 6.07) is -0.761. The van der Waals surface area contributed by atoms with Crippen LogP contribution in [0.15, 0.2) is 0 Å². The van der Waals surface area contributed by atoms with Crippen molar-refractivity contribution in [2.24, 2.45) is 0 Å². The first-order chi connectivity index (χ1) is 13.8. The van der Waals surface area contributed by atoms with Crippen LogP contribution in [0.1, 0.15) is 13.8 Å². The van der Waals surface area contributed by atoms with Crippen LogP contribution in [0.3, 0.4) is 0 Å². The Bertz CT molecular complexity index is 522. The molecule has 8 atom stereocenters. The van der Waals surface area contributed by atoms with Gasteiger partial charge in [-0.05, 0) is 14.0 Å². The molecule has 0 saturated carbocycles. The first-order valence-corrected chi connectivity index (χ1v) is 9.07. The lowest BCUT2D eigenvalue weighted by molar-refractivity contribution is -0.294. The van der Waals surface area contributed by atoms with Gasteiger partial charge in [-0.25, -0.2) is 0 Å². The molecular weight excluding hydrogens is 392 g/mol. The number of rotatable bonds is 13. The van der Waals surface area contributed by atoms with Crippen molar-refractivity contribution in [1.82, 2.24) is 10.6 Å². The first kappa shape index (κ1) is 25.4. The Morgan fingerprint density at radius 1 is 1.34 bits per heavy atom. The lowest BCUT2D eigenvalue weighted by Crippen LogP contribution is -2.65. The molecule has 0 radical (unpaired) electrons. The van der Waals surface area contributed by atoms with Crippen molar-refractivity contribution in [2.45, 2.75) is 63.0 Å². The van der Waals surface area contributed by atoms with Crippen LogP contribution in [0.4, 0.5) is 0 Å². The fourth-order valence-electron chi connectivity index (χ4n) is 2.97. The molecule has 0 aromatic rings. The molecule has 29 heavy (non-hydrogen) atoms. The van der Waals surface area contributed by atoms with Crippen LogP contribution in [0.5, 0.6) is 0 Å². The smallest absolute Gasteiger partial charge is 0.295 e. The summed E-state index contributed by atoms with van der Waals surface area (Å²) in [6.07, 6.45) is -7.21. The molecule has 0 aromatic carbocycles. The van der Waals surface area contributed by atoms with Gasteiger partial charge in [-0.2, -0.15) is 0 Å². The number of hydrogen-bond acceptors (Lipinski definition) is 11. The van der Waals surface area contributed by atoms with Crippen LogP contribution in [-0.2, 0) is 38.1 Å². The summed E-state index contributed by atoms with van der Waals surface area (Å²) in [5.74, 6) is -0.373. The van der Waals surface area contributed by atoms with E-state index in [0.717, 1.165) is 0 Å². The third kappa shape index (κ3) is 7.26. The van der Waals surface area contributed by atoms with Gasteiger partial charge in [0.1, 0.15) is 18.3 Å². The van der Waals surface area contributed by atoms with Crippen LogP contribution in [0.25, 0.3) is 0 Å². The molecule has 4 N–H and O–H groups in total. The Morgan fingerprint density at radius 3 is 2.52 bits per heavy atom. The SMILES string of the molecule is CNC[C@@H](OC(OC=O)C(C=O)OC)OC1[C@H](O)C(CO)O[C@@H](C)[C@H]1NC(C)=O. The molecule has 1 rings (SSSR count). The third-order valence-corrected chi connectivity index (χ3v) is 4.35. The highest BCUT2D eigenvalue weighted by atomic mass is 16.8. The molecule has 168 valence electrons. The largest absolute Gasteiger partial charge is 0.434 e. The zero-order valence-corrected chi connectivity index (χ0v) is 16.8. The fourth-order valence-corrected chi connectivity index (χ4v) is 2.97. The second kappa shape index (κ2) is 12.8. The molecule has 1 aliphatic heterocycles. The monoisotopic (exact) mass is 422 g/mol. The lowest BCUT2D eigenvalue weighted by atomic mass is 9.93. The minimum Gasteiger partial charge on any atom is -0.434 e. The van der Waals surface area contributed by atoms with Crippen molar-refractivity contribution in [3.05, 3.63) is 0 Å². The molecule has 1 saturated heterocycles. The van der Waals surface area contributed by atoms with Gasteiger partial charge in [-0.15, -0.1) is 0 Å². The number of aldehydes is 1. The van der Waals surface area contributed by atoms with E-state index in [0.29, 0.717) is 6.29 Å². The fraction of sp³-hybridized carbons (Fsp3) is 0.824. The molecule has 0 bridgehead atoms. The Kier molecular flexibility index (Phi) is 11.2. The molecule has 1 aliphatic rings. The number of carbonyl (C=O) groups is 3. The van der Waals surface area contributed by atoms with Crippen molar-refractivity contribution in [2.75, 3.05) is 27.3 Å². The van der Waals surface area contributed by atoms with Crippen molar-refractivity contribution >= 4 is 18.7 Å². The minimum atomic E-state index is -1.41. The summed E-state index contributed by atoms with van der Waals surface area (Å²) in [5, 5.41) is 25.5. The van der Waals surface area contributed by atoms with E-state index in [-0.39, 0.29) is 18.9 Å². The van der Waals surface area contributed by atoms with Gasteiger partial charge < -0.3 is 49.3 Å². The molecule has 12 nitrogen and oxygen atoms in total. The number of aliphatic hydroxyl groups excluding tert-OH is 2. The molecule has 12 heteroatoms. The average Bonchev–Trinajstić information content (AvgIpc) is 2.68. The summed E-state index contributed by atoms with van der Waals surface area (Å²) in [4.78, 5) is 33.5. The Labute approximate surface area is 168 Å². The second-order valence-corrected chi connectivity index (χ2v) is 6.44. The van der Waals surface area contributed by atoms with Crippen LogP contribution < -0.4 is 10.6 Å². The predicted octanol–water partition coefficient (Wildman–Crippen LogP) is -2.71. The molecule has 1 fully saturated rings. The highest BCUT2D eigenvalue weighted by Crippen LogP contribution is 2.25. The van der Waals surface area contributed by atoms with E-state index in [2.05, 4.69) is 10.6 Å². The lowest BCUT2D eigenvalue weighted by Gasteiger charge is -2.44. The summed E-state index contributed by atoms with van der Waals surface area (Å²) in [7, 11) is 2.84. The predicted molar refractivity (Wildman–Crippen MR) is 96.5 cm³/mol. The van der Waals surface area contributed by atoms with Gasteiger partial charge in [0, 0.05) is 20.6 Å². The van der Waals surface area contributed by atoms with Gasteiger partial charge in [0.25, 0.3) is 6.47 Å². The molecular formula is C17H30N2O10. The Morgan fingerprint density at radius 2 is 2.03 bits per heavy atom. The molecule has 0 spiro atoms. The Hall–Kier alpha value is -1.67. The maximum absolute atomic E-state index is 11.6. The number of hydrogen-bond donors (Lipinski definition) is 4. The number of likely N-dealkylation sites (N-methyl/N-ethyl adjacent to an activating group) is 1. The van der Waals surface area contributed by atoms with E-state index < -0.39 is 55.7 Å². The van der Waals surface area contributed by atoms with Crippen molar-refractivity contribution < 1.29 is 48.3 Å². The number of nitrogens with one attached hydrogen (secondary N) is 2. The van der Waals surface area contributed by atoms with Crippen LogP contribution in [-0.4, -0.2) is 105 Å². The Balaban J connectivity index is 3.06. The molecule has 4 unspecified atom stereocenters. The maximum atomic E-state index is 11.6. The van der Waals surface area contributed by atoms with E-state index in [1.807, 2.05) is 0 Å². The number of amides is 1. The number of methoxy groups -OCH3 is 1. The van der Waals surface area contributed by atoms with Gasteiger partial charge in [0.05, 0.1) is 18.8 Å². The van der Waals surface area contributed by atoms with Gasteiger partial charge in [0.15, 0.2) is 18.7 Å². The van der Waals surface area contributed by atoms with Gasteiger partial charge in [-0.3, -0.25) is 9.59 Å². The maximum Gasteiger partial charge on any atom is 0.295 e. The summed E-state index contributed by atoms with van der Waals surface area (Å²) < 4.78 is 26.7. The topological polar surface area (TPSA) is 162 Å². The van der Waals surface area contributed by atoms with Crippen LogP contribution in [0.2, 0.25) is 0 Å². The van der Waals surface area contributed by atoms with E-state index in [9.17, 15) is 24.6 Å². The molecule has 0 aromatic heterocycles. The van der Waals surface area contributed by atoms with Crippen LogP contribution >= 0.6 is 0 Å². The van der Waals surface area contributed by atoms with Crippen molar-refractivity contribution in [3.8, 4) is 0 Å². The number of carbonyl (C=O) groups excluding carboxylic acids is 3. The first-order valence-electron chi connectivity index (χ1n) is 9.07. The van der Waals surface area contributed by atoms with E-state index in [1.165, 1.54) is 14.0 Å². The highest BCUT2D eigenvalue weighted by molar-refractivity contribution is 5.73. The third-order valence-electron chi connectivity index (χ3n) is 4.35. The standard InChI is InChI=1S/C17H30N2O10/c1-9-14(19-10(2)23)16(15(24)11(6-20)27-9)28-13(5-18-3)29-17(26-8-22)12(7-21)25-4/h7-9,11-18,20,24H,5-6H2,1-4H3,(H,19,23)/t9-,11?,12?,13+,14+,15+,16?,17?/m0/s1.